The van der Waals surface area contributed by atoms with Crippen LogP contribution in [0.15, 0.2) is 18.2 Å². The number of halogens is 1. The van der Waals surface area contributed by atoms with Crippen LogP contribution >= 0.6 is 11.6 Å². The number of nitrogens with two attached hydrogens (primary N) is 1. The molecular formula is C8H10ClN3O3S. The summed E-state index contributed by atoms with van der Waals surface area (Å²) in [6.07, 6.45) is 0. The highest BCUT2D eigenvalue weighted by Crippen LogP contribution is 2.23. The zero-order chi connectivity index (χ0) is 12.3. The van der Waals surface area contributed by atoms with Gasteiger partial charge < -0.3 is 5.32 Å². The number of rotatable bonds is 3. The molecule has 1 aromatic carbocycles. The first kappa shape index (κ1) is 12.8. The van der Waals surface area contributed by atoms with Crippen molar-refractivity contribution in [3.63, 3.8) is 0 Å². The van der Waals surface area contributed by atoms with Gasteiger partial charge in [-0.1, -0.05) is 11.6 Å². The molecule has 0 heterocycles. The normalized spacial score (nSPS) is 10.9. The fourth-order valence-electron chi connectivity index (χ4n) is 1.04. The molecule has 0 aliphatic rings. The number of nitrogens with one attached hydrogen (secondary N) is 2. The summed E-state index contributed by atoms with van der Waals surface area (Å²) >= 11 is 5.74. The van der Waals surface area contributed by atoms with Gasteiger partial charge in [0.2, 0.25) is 0 Å². The highest BCUT2D eigenvalue weighted by atomic mass is 35.5. The lowest BCUT2D eigenvalue weighted by atomic mass is 10.2. The minimum Gasteiger partial charge on any atom is -0.355 e. The maximum atomic E-state index is 11.3. The van der Waals surface area contributed by atoms with Gasteiger partial charge in [-0.05, 0) is 18.2 Å². The van der Waals surface area contributed by atoms with Crippen LogP contribution < -0.4 is 15.2 Å². The first-order chi connectivity index (χ1) is 7.33. The van der Waals surface area contributed by atoms with Crippen LogP contribution in [0.4, 0.5) is 5.69 Å². The number of hydrogen-bond donors (Lipinski definition) is 3. The summed E-state index contributed by atoms with van der Waals surface area (Å²) in [5.41, 5.74) is 0.336. The molecule has 6 nitrogen and oxygen atoms in total. The van der Waals surface area contributed by atoms with Crippen LogP contribution in [-0.4, -0.2) is 21.4 Å². The summed E-state index contributed by atoms with van der Waals surface area (Å²) in [7, 11) is -2.45. The van der Waals surface area contributed by atoms with E-state index in [1.165, 1.54) is 25.2 Å². The number of amides is 1. The molecule has 8 heteroatoms. The van der Waals surface area contributed by atoms with E-state index >= 15 is 0 Å². The molecule has 1 rings (SSSR count). The Morgan fingerprint density at radius 1 is 1.44 bits per heavy atom. The quantitative estimate of drug-likeness (QED) is 0.732. The van der Waals surface area contributed by atoms with Crippen molar-refractivity contribution in [3.05, 3.63) is 28.8 Å². The van der Waals surface area contributed by atoms with E-state index in [4.69, 9.17) is 16.7 Å². The van der Waals surface area contributed by atoms with Crippen molar-refractivity contribution < 1.29 is 13.2 Å². The number of hydrogen-bond acceptors (Lipinski definition) is 3. The zero-order valence-electron chi connectivity index (χ0n) is 8.32. The van der Waals surface area contributed by atoms with Crippen molar-refractivity contribution in [1.82, 2.24) is 5.32 Å². The van der Waals surface area contributed by atoms with E-state index in [0.29, 0.717) is 0 Å². The van der Waals surface area contributed by atoms with E-state index in [2.05, 4.69) is 5.32 Å². The van der Waals surface area contributed by atoms with Crippen LogP contribution in [-0.2, 0) is 10.2 Å². The standard InChI is InChI=1S/C8H10ClN3O3S/c1-11-8(13)5-2-3-6(9)7(4-5)12-16(10,14)15/h2-4,12H,1H3,(H,11,13)(H2,10,14,15). The second-order valence-electron chi connectivity index (χ2n) is 2.92. The Kier molecular flexibility index (Phi) is 3.74. The SMILES string of the molecule is CNC(=O)c1ccc(Cl)c(NS(N)(=O)=O)c1. The summed E-state index contributed by atoms with van der Waals surface area (Å²) in [6.45, 7) is 0. The third kappa shape index (κ3) is 3.37. The highest BCUT2D eigenvalue weighted by molar-refractivity contribution is 7.90. The molecule has 1 amide bonds. The van der Waals surface area contributed by atoms with Crippen LogP contribution in [0.1, 0.15) is 10.4 Å². The van der Waals surface area contributed by atoms with Gasteiger partial charge in [0.25, 0.3) is 16.1 Å². The molecule has 0 unspecified atom stereocenters. The molecule has 0 aromatic heterocycles. The van der Waals surface area contributed by atoms with Crippen molar-refractivity contribution in [3.8, 4) is 0 Å². The van der Waals surface area contributed by atoms with Crippen molar-refractivity contribution in [2.24, 2.45) is 5.14 Å². The predicted octanol–water partition coefficient (Wildman–Crippen LogP) is 0.315. The maximum Gasteiger partial charge on any atom is 0.296 e. The third-order valence-corrected chi connectivity index (χ3v) is 2.54. The minimum atomic E-state index is -3.92. The Morgan fingerprint density at radius 2 is 2.06 bits per heavy atom. The van der Waals surface area contributed by atoms with Crippen LogP contribution in [0.25, 0.3) is 0 Å². The summed E-state index contributed by atoms with van der Waals surface area (Å²) < 4.78 is 23.6. The molecule has 88 valence electrons. The Morgan fingerprint density at radius 3 is 2.56 bits per heavy atom. The Bertz CT molecular complexity index is 515. The molecule has 4 N–H and O–H groups in total. The monoisotopic (exact) mass is 263 g/mol. The van der Waals surface area contributed by atoms with Crippen LogP contribution in [0.5, 0.6) is 0 Å². The first-order valence-electron chi connectivity index (χ1n) is 4.15. The fraction of sp³-hybridized carbons (Fsp3) is 0.125. The average Bonchev–Trinajstić information content (AvgIpc) is 2.18. The average molecular weight is 264 g/mol. The zero-order valence-corrected chi connectivity index (χ0v) is 9.89. The summed E-state index contributed by atoms with van der Waals surface area (Å²) in [5.74, 6) is -0.353. The Hall–Kier alpha value is -1.31. The van der Waals surface area contributed by atoms with Crippen LogP contribution in [0.2, 0.25) is 5.02 Å². The number of benzene rings is 1. The summed E-state index contributed by atoms with van der Waals surface area (Å²) in [6, 6.07) is 4.17. The summed E-state index contributed by atoms with van der Waals surface area (Å²) in [4.78, 5) is 11.3. The predicted molar refractivity (Wildman–Crippen MR) is 61.6 cm³/mol. The van der Waals surface area contributed by atoms with Gasteiger partial charge in [-0.15, -0.1) is 0 Å². The second kappa shape index (κ2) is 4.69. The minimum absolute atomic E-state index is 0.0604. The molecule has 0 atom stereocenters. The molecule has 0 aliphatic heterocycles. The lowest BCUT2D eigenvalue weighted by molar-refractivity contribution is 0.0963. The lowest BCUT2D eigenvalue weighted by Crippen LogP contribution is -2.23. The topological polar surface area (TPSA) is 101 Å². The summed E-state index contributed by atoms with van der Waals surface area (Å²) in [5, 5.41) is 7.35. The molecule has 0 spiro atoms. The number of carbonyl (C=O) groups excluding carboxylic acids is 1. The highest BCUT2D eigenvalue weighted by Gasteiger charge is 2.10. The molecule has 0 aliphatic carbocycles. The van der Waals surface area contributed by atoms with Gasteiger partial charge in [-0.25, -0.2) is 5.14 Å². The molecule has 0 fully saturated rings. The molecule has 0 radical (unpaired) electrons. The number of carbonyl (C=O) groups is 1. The van der Waals surface area contributed by atoms with E-state index in [1.807, 2.05) is 4.72 Å². The molecular weight excluding hydrogens is 254 g/mol. The fourth-order valence-corrected chi connectivity index (χ4v) is 1.74. The second-order valence-corrected chi connectivity index (χ2v) is 4.62. The molecule has 0 saturated carbocycles. The molecule has 0 saturated heterocycles. The Balaban J connectivity index is 3.14. The molecule has 1 aromatic rings. The van der Waals surface area contributed by atoms with E-state index in [-0.39, 0.29) is 22.2 Å². The van der Waals surface area contributed by atoms with E-state index in [1.54, 1.807) is 0 Å². The van der Waals surface area contributed by atoms with Gasteiger partial charge in [0.15, 0.2) is 0 Å². The van der Waals surface area contributed by atoms with Gasteiger partial charge in [0.1, 0.15) is 0 Å². The van der Waals surface area contributed by atoms with Crippen molar-refractivity contribution in [2.75, 3.05) is 11.8 Å². The van der Waals surface area contributed by atoms with Crippen molar-refractivity contribution in [2.45, 2.75) is 0 Å². The van der Waals surface area contributed by atoms with Crippen LogP contribution in [0, 0.1) is 0 Å². The lowest BCUT2D eigenvalue weighted by Gasteiger charge is -2.07. The van der Waals surface area contributed by atoms with E-state index in [9.17, 15) is 13.2 Å². The van der Waals surface area contributed by atoms with Gasteiger partial charge >= 0.3 is 0 Å². The molecule has 16 heavy (non-hydrogen) atoms. The van der Waals surface area contributed by atoms with Gasteiger partial charge in [0, 0.05) is 12.6 Å². The smallest absolute Gasteiger partial charge is 0.296 e. The van der Waals surface area contributed by atoms with Crippen LogP contribution in [0.3, 0.4) is 0 Å². The number of anilines is 1. The van der Waals surface area contributed by atoms with Gasteiger partial charge in [0.05, 0.1) is 10.7 Å². The first-order valence-corrected chi connectivity index (χ1v) is 6.08. The van der Waals surface area contributed by atoms with E-state index < -0.39 is 10.2 Å². The van der Waals surface area contributed by atoms with Crippen molar-refractivity contribution in [1.29, 1.82) is 0 Å². The largest absolute Gasteiger partial charge is 0.355 e. The third-order valence-electron chi connectivity index (χ3n) is 1.71. The van der Waals surface area contributed by atoms with E-state index in [0.717, 1.165) is 0 Å². The Labute approximate surface area is 98.0 Å². The maximum absolute atomic E-state index is 11.3. The van der Waals surface area contributed by atoms with Gasteiger partial charge in [-0.2, -0.15) is 8.42 Å². The van der Waals surface area contributed by atoms with Gasteiger partial charge in [-0.3, -0.25) is 9.52 Å². The molecule has 0 bridgehead atoms. The van der Waals surface area contributed by atoms with Crippen molar-refractivity contribution >= 4 is 33.4 Å².